The number of urea groups is 1. The Morgan fingerprint density at radius 2 is 1.58 bits per heavy atom. The highest BCUT2D eigenvalue weighted by Crippen LogP contribution is 2.37. The maximum atomic E-state index is 12.9. The molecule has 0 bridgehead atoms. The number of rotatable bonds is 13. The number of fused-ring (bicyclic) bond motifs is 2. The van der Waals surface area contributed by atoms with Crippen molar-refractivity contribution in [1.82, 2.24) is 41.2 Å². The van der Waals surface area contributed by atoms with Crippen molar-refractivity contribution in [3.63, 3.8) is 0 Å². The Balaban J connectivity index is 0.974. The number of nitrogens with one attached hydrogen (secondary N) is 4. The molecule has 2 aliphatic rings. The molecule has 0 radical (unpaired) electrons. The second-order valence-electron chi connectivity index (χ2n) is 11.2. The summed E-state index contributed by atoms with van der Waals surface area (Å²) < 4.78 is 1.53. The number of nitrogens with zero attached hydrogens (tertiary/aromatic N) is 4. The number of unbranched alkanes of at least 4 members (excludes halogenated alkanes) is 1. The summed E-state index contributed by atoms with van der Waals surface area (Å²) in [6, 6.07) is 19.6. The monoisotopic (exact) mass is 646 g/mol. The molecule has 6 rings (SSSR count). The molecule has 45 heavy (non-hydrogen) atoms. The molecule has 13 heteroatoms. The van der Waals surface area contributed by atoms with E-state index in [1.807, 2.05) is 72.4 Å². The van der Waals surface area contributed by atoms with Crippen LogP contribution in [-0.2, 0) is 16.1 Å². The number of aromatic nitrogens is 4. The lowest BCUT2D eigenvalue weighted by Crippen LogP contribution is -2.36. The van der Waals surface area contributed by atoms with Crippen molar-refractivity contribution in [2.45, 2.75) is 56.0 Å². The number of thioether (sulfide) groups is 1. The molecule has 4 N–H and O–H groups in total. The fraction of sp³-hybridized carbons (Fsp3) is 0.375. The van der Waals surface area contributed by atoms with E-state index in [1.54, 1.807) is 0 Å². The molecule has 2 fully saturated rings. The molecular formula is C32H35ClN8O3S. The van der Waals surface area contributed by atoms with Gasteiger partial charge in [0.25, 0.3) is 0 Å². The highest BCUT2D eigenvalue weighted by molar-refractivity contribution is 8.00. The van der Waals surface area contributed by atoms with Gasteiger partial charge in [0, 0.05) is 41.6 Å². The fourth-order valence-electron chi connectivity index (χ4n) is 5.80. The van der Waals surface area contributed by atoms with Gasteiger partial charge in [0.15, 0.2) is 5.65 Å². The summed E-state index contributed by atoms with van der Waals surface area (Å²) in [6.07, 6.45) is 3.80. The summed E-state index contributed by atoms with van der Waals surface area (Å²) in [5.41, 5.74) is 3.31. The van der Waals surface area contributed by atoms with E-state index in [0.29, 0.717) is 58.6 Å². The van der Waals surface area contributed by atoms with Crippen LogP contribution in [0.2, 0.25) is 5.02 Å². The van der Waals surface area contributed by atoms with Crippen molar-refractivity contribution >= 4 is 52.2 Å². The zero-order valence-electron chi connectivity index (χ0n) is 24.7. The first-order chi connectivity index (χ1) is 22.0. The Labute approximate surface area is 270 Å². The van der Waals surface area contributed by atoms with E-state index < -0.39 is 0 Å². The summed E-state index contributed by atoms with van der Waals surface area (Å²) in [5.74, 6) is 0.725. The van der Waals surface area contributed by atoms with Gasteiger partial charge in [0.1, 0.15) is 17.9 Å². The Hall–Kier alpha value is -4.16. The van der Waals surface area contributed by atoms with Crippen LogP contribution in [0.1, 0.15) is 32.1 Å². The zero-order chi connectivity index (χ0) is 31.2. The summed E-state index contributed by atoms with van der Waals surface area (Å²) >= 11 is 8.80. The van der Waals surface area contributed by atoms with Crippen LogP contribution in [-0.4, -0.2) is 74.0 Å². The summed E-state index contributed by atoms with van der Waals surface area (Å²) in [4.78, 5) is 36.7. The Bertz CT molecular complexity index is 1670. The summed E-state index contributed by atoms with van der Waals surface area (Å²) in [6.45, 7) is 0.840. The van der Waals surface area contributed by atoms with Gasteiger partial charge in [-0.2, -0.15) is 16.9 Å². The molecule has 4 aromatic rings. The van der Waals surface area contributed by atoms with E-state index >= 15 is 0 Å². The minimum absolute atomic E-state index is 0.0101. The zero-order valence-corrected chi connectivity index (χ0v) is 26.2. The van der Waals surface area contributed by atoms with Crippen LogP contribution in [0.5, 0.6) is 0 Å². The molecule has 4 heterocycles. The lowest BCUT2D eigenvalue weighted by molar-refractivity contribution is -0.121. The van der Waals surface area contributed by atoms with Crippen LogP contribution in [0, 0.1) is 0 Å². The number of benzene rings is 2. The molecule has 11 nitrogen and oxygen atoms in total. The third-order valence-electron chi connectivity index (χ3n) is 8.06. The predicted molar refractivity (Wildman–Crippen MR) is 176 cm³/mol. The van der Waals surface area contributed by atoms with Gasteiger partial charge in [-0.3, -0.25) is 9.59 Å². The van der Waals surface area contributed by atoms with Gasteiger partial charge in [0.2, 0.25) is 11.8 Å². The van der Waals surface area contributed by atoms with Crippen LogP contribution >= 0.6 is 23.4 Å². The van der Waals surface area contributed by atoms with Gasteiger partial charge in [-0.05, 0) is 19.3 Å². The van der Waals surface area contributed by atoms with Crippen LogP contribution < -0.4 is 21.3 Å². The largest absolute Gasteiger partial charge is 0.356 e. The molecule has 3 atom stereocenters. The number of carbonyl (C=O) groups excluding carboxylic acids is 3. The normalized spacial score (nSPS) is 18.8. The van der Waals surface area contributed by atoms with Crippen molar-refractivity contribution in [1.29, 1.82) is 0 Å². The van der Waals surface area contributed by atoms with Gasteiger partial charge >= 0.3 is 6.03 Å². The fourth-order valence-corrected chi connectivity index (χ4v) is 7.67. The van der Waals surface area contributed by atoms with Crippen LogP contribution in [0.3, 0.4) is 0 Å². The van der Waals surface area contributed by atoms with Crippen LogP contribution in [0.25, 0.3) is 33.5 Å². The third-order valence-corrected chi connectivity index (χ3v) is 9.94. The van der Waals surface area contributed by atoms with Gasteiger partial charge in [0.05, 0.1) is 22.5 Å². The van der Waals surface area contributed by atoms with Gasteiger partial charge in [-0.15, -0.1) is 10.2 Å². The first-order valence-corrected chi connectivity index (χ1v) is 16.7. The maximum absolute atomic E-state index is 12.9. The molecule has 0 saturated carbocycles. The molecular weight excluding hydrogens is 612 g/mol. The van der Waals surface area contributed by atoms with E-state index in [9.17, 15) is 14.4 Å². The Kier molecular flexibility index (Phi) is 9.80. The van der Waals surface area contributed by atoms with Crippen molar-refractivity contribution in [3.05, 3.63) is 65.7 Å². The highest BCUT2D eigenvalue weighted by atomic mass is 35.5. The quantitative estimate of drug-likeness (QED) is 0.126. The lowest BCUT2D eigenvalue weighted by atomic mass is 10.0. The van der Waals surface area contributed by atoms with Crippen molar-refractivity contribution in [2.75, 3.05) is 18.8 Å². The topological polar surface area (TPSA) is 143 Å². The number of amides is 4. The standard InChI is InChI=1S/C32H35ClN8O3S/c33-27-26-28(20-10-3-1-4-11-20)40-41(31(26)39-38-29(27)21-12-5-2-6-13-21)18-25(43)35-17-9-16-34-24(42)15-8-7-14-23-30-22(19-45-23)36-32(44)37-30/h1-6,10-13,22-23,30H,7-9,14-19H2,(H,34,42)(H,35,43)(H2,36,37,44)/t22-,23?,30-/m0/s1. The van der Waals surface area contributed by atoms with Gasteiger partial charge in [-0.25, -0.2) is 9.48 Å². The highest BCUT2D eigenvalue weighted by Gasteiger charge is 2.42. The maximum Gasteiger partial charge on any atom is 0.315 e. The van der Waals surface area contributed by atoms with E-state index in [4.69, 9.17) is 16.7 Å². The number of hydrogen-bond donors (Lipinski definition) is 4. The molecule has 0 aliphatic carbocycles. The minimum atomic E-state index is -0.226. The summed E-state index contributed by atoms with van der Waals surface area (Å²) in [5, 5.41) is 26.8. The minimum Gasteiger partial charge on any atom is -0.356 e. The molecule has 4 amide bonds. The van der Waals surface area contributed by atoms with Gasteiger partial charge < -0.3 is 21.3 Å². The van der Waals surface area contributed by atoms with Crippen LogP contribution in [0.15, 0.2) is 60.7 Å². The number of halogens is 1. The van der Waals surface area contributed by atoms with E-state index in [0.717, 1.165) is 36.1 Å². The summed E-state index contributed by atoms with van der Waals surface area (Å²) in [7, 11) is 0. The smallest absolute Gasteiger partial charge is 0.315 e. The third kappa shape index (κ3) is 7.23. The lowest BCUT2D eigenvalue weighted by Gasteiger charge is -2.16. The van der Waals surface area contributed by atoms with E-state index in [1.165, 1.54) is 4.68 Å². The Morgan fingerprint density at radius 1 is 0.889 bits per heavy atom. The average molecular weight is 647 g/mol. The SMILES string of the molecule is O=C(CCCCC1SC[C@@H]2NC(=O)N[C@H]12)NCCCNC(=O)Cn1nc(-c2ccccc2)c2c(Cl)c(-c3ccccc3)nnc21. The first kappa shape index (κ1) is 30.8. The van der Waals surface area contributed by atoms with Gasteiger partial charge in [-0.1, -0.05) is 78.7 Å². The molecule has 1 unspecified atom stereocenters. The van der Waals surface area contributed by atoms with E-state index in [2.05, 4.69) is 31.5 Å². The first-order valence-electron chi connectivity index (χ1n) is 15.2. The molecule has 2 saturated heterocycles. The molecule has 0 spiro atoms. The molecule has 2 aromatic heterocycles. The molecule has 2 aromatic carbocycles. The average Bonchev–Trinajstić information content (AvgIpc) is 3.73. The Morgan fingerprint density at radius 3 is 2.31 bits per heavy atom. The van der Waals surface area contributed by atoms with Crippen molar-refractivity contribution < 1.29 is 14.4 Å². The molecule has 234 valence electrons. The number of carbonyl (C=O) groups is 3. The molecule has 2 aliphatic heterocycles. The second-order valence-corrected chi connectivity index (χ2v) is 12.9. The van der Waals surface area contributed by atoms with Crippen LogP contribution in [0.4, 0.5) is 4.79 Å². The van der Waals surface area contributed by atoms with Crippen molar-refractivity contribution in [2.24, 2.45) is 0 Å². The number of hydrogen-bond acceptors (Lipinski definition) is 7. The predicted octanol–water partition coefficient (Wildman–Crippen LogP) is 4.16. The second kappa shape index (κ2) is 14.3. The van der Waals surface area contributed by atoms with E-state index in [-0.39, 0.29) is 36.5 Å². The van der Waals surface area contributed by atoms with Crippen molar-refractivity contribution in [3.8, 4) is 22.5 Å².